The first kappa shape index (κ1) is 10.0. The van der Waals surface area contributed by atoms with E-state index in [1.807, 2.05) is 13.8 Å². The molecule has 0 bridgehead atoms. The molecule has 0 aliphatic carbocycles. The monoisotopic (exact) mass is 178 g/mol. The zero-order valence-corrected chi connectivity index (χ0v) is 8.55. The molecule has 1 heterocycles. The lowest BCUT2D eigenvalue weighted by Gasteiger charge is -1.91. The second-order valence-electron chi connectivity index (χ2n) is 3.07. The van der Waals surface area contributed by atoms with Crippen LogP contribution >= 0.6 is 0 Å². The van der Waals surface area contributed by atoms with E-state index in [0.29, 0.717) is 6.42 Å². The maximum absolute atomic E-state index is 5.50. The van der Waals surface area contributed by atoms with Gasteiger partial charge in [0.1, 0.15) is 5.76 Å². The molecule has 2 heteroatoms. The summed E-state index contributed by atoms with van der Waals surface area (Å²) in [5, 5.41) is 0. The van der Waals surface area contributed by atoms with Gasteiger partial charge in [-0.3, -0.25) is 0 Å². The molecule has 1 radical (unpaired) electrons. The van der Waals surface area contributed by atoms with Crippen molar-refractivity contribution in [2.75, 3.05) is 0 Å². The van der Waals surface area contributed by atoms with E-state index < -0.39 is 0 Å². The van der Waals surface area contributed by atoms with Crippen molar-refractivity contribution in [1.82, 2.24) is 4.98 Å². The fourth-order valence-electron chi connectivity index (χ4n) is 1.22. The molecule has 13 heavy (non-hydrogen) atoms. The van der Waals surface area contributed by atoms with Gasteiger partial charge in [0.05, 0.1) is 5.69 Å². The highest BCUT2D eigenvalue weighted by Gasteiger charge is 2.08. The third kappa shape index (κ3) is 2.20. The lowest BCUT2D eigenvalue weighted by molar-refractivity contribution is 0.511. The quantitative estimate of drug-likeness (QED) is 0.710. The fourth-order valence-corrected chi connectivity index (χ4v) is 1.22. The molecule has 0 spiro atoms. The minimum absolute atomic E-state index is 0.689. The topological polar surface area (TPSA) is 26.0 Å². The van der Waals surface area contributed by atoms with Gasteiger partial charge in [-0.15, -0.1) is 0 Å². The SMILES string of the molecule is [CH2]Cc1nc(/C(C)=C\CC)oc1C. The van der Waals surface area contributed by atoms with Gasteiger partial charge < -0.3 is 4.42 Å². The predicted octanol–water partition coefficient (Wildman–Crippen LogP) is 3.17. The molecular weight excluding hydrogens is 162 g/mol. The molecule has 0 saturated heterocycles. The molecule has 0 aromatic carbocycles. The van der Waals surface area contributed by atoms with E-state index in [9.17, 15) is 0 Å². The Bertz CT molecular complexity index is 310. The maximum atomic E-state index is 5.50. The van der Waals surface area contributed by atoms with Crippen molar-refractivity contribution in [2.24, 2.45) is 0 Å². The van der Waals surface area contributed by atoms with E-state index in [0.717, 1.165) is 29.3 Å². The molecule has 1 aromatic heterocycles. The Labute approximate surface area is 79.7 Å². The highest BCUT2D eigenvalue weighted by Crippen LogP contribution is 2.17. The van der Waals surface area contributed by atoms with E-state index >= 15 is 0 Å². The third-order valence-corrected chi connectivity index (χ3v) is 1.98. The number of nitrogens with zero attached hydrogens (tertiary/aromatic N) is 1. The van der Waals surface area contributed by atoms with Crippen LogP contribution in [0, 0.1) is 13.8 Å². The Morgan fingerprint density at radius 2 is 2.31 bits per heavy atom. The minimum Gasteiger partial charge on any atom is -0.442 e. The highest BCUT2D eigenvalue weighted by atomic mass is 16.4. The Kier molecular flexibility index (Phi) is 3.29. The first-order valence-corrected chi connectivity index (χ1v) is 4.61. The molecule has 0 N–H and O–H groups in total. The molecular formula is C11H16NO. The van der Waals surface area contributed by atoms with Gasteiger partial charge in [0, 0.05) is 5.57 Å². The molecule has 0 unspecified atom stereocenters. The summed E-state index contributed by atoms with van der Waals surface area (Å²) in [4.78, 5) is 4.35. The predicted molar refractivity (Wildman–Crippen MR) is 54.2 cm³/mol. The van der Waals surface area contributed by atoms with Gasteiger partial charge in [0.15, 0.2) is 0 Å². The number of aromatic nitrogens is 1. The molecule has 0 amide bonds. The Morgan fingerprint density at radius 1 is 1.62 bits per heavy atom. The van der Waals surface area contributed by atoms with Crippen molar-refractivity contribution < 1.29 is 4.42 Å². The van der Waals surface area contributed by atoms with Gasteiger partial charge >= 0.3 is 0 Å². The van der Waals surface area contributed by atoms with Gasteiger partial charge in [-0.2, -0.15) is 0 Å². The van der Waals surface area contributed by atoms with E-state index in [-0.39, 0.29) is 0 Å². The minimum atomic E-state index is 0.689. The first-order chi connectivity index (χ1) is 6.19. The molecule has 0 aliphatic rings. The number of allylic oxidation sites excluding steroid dienone is 2. The van der Waals surface area contributed by atoms with Crippen LogP contribution < -0.4 is 0 Å². The molecule has 0 aliphatic heterocycles. The molecule has 0 atom stereocenters. The van der Waals surface area contributed by atoms with Crippen LogP contribution in [0.4, 0.5) is 0 Å². The summed E-state index contributed by atoms with van der Waals surface area (Å²) in [6, 6.07) is 0. The summed E-state index contributed by atoms with van der Waals surface area (Å²) in [5.74, 6) is 1.62. The molecule has 71 valence electrons. The summed E-state index contributed by atoms with van der Waals surface area (Å²) in [6.07, 6.45) is 3.81. The van der Waals surface area contributed by atoms with Crippen LogP contribution in [0.5, 0.6) is 0 Å². The van der Waals surface area contributed by atoms with E-state index in [4.69, 9.17) is 4.42 Å². The Balaban J connectivity index is 2.96. The molecule has 0 saturated carbocycles. The van der Waals surface area contributed by atoms with Crippen LogP contribution in [-0.4, -0.2) is 4.98 Å². The summed E-state index contributed by atoms with van der Waals surface area (Å²) >= 11 is 0. The fraction of sp³-hybridized carbons (Fsp3) is 0.455. The summed E-state index contributed by atoms with van der Waals surface area (Å²) in [7, 11) is 0. The molecule has 2 nitrogen and oxygen atoms in total. The molecule has 1 aromatic rings. The second-order valence-corrected chi connectivity index (χ2v) is 3.07. The lowest BCUT2D eigenvalue weighted by atomic mass is 10.2. The Hall–Kier alpha value is -1.05. The van der Waals surface area contributed by atoms with Crippen LogP contribution in [0.1, 0.15) is 37.6 Å². The van der Waals surface area contributed by atoms with E-state index in [2.05, 4.69) is 24.9 Å². The largest absolute Gasteiger partial charge is 0.442 e. The summed E-state index contributed by atoms with van der Waals surface area (Å²) in [5.41, 5.74) is 2.06. The average Bonchev–Trinajstić information content (AvgIpc) is 2.47. The number of hydrogen-bond acceptors (Lipinski definition) is 2. The standard InChI is InChI=1S/C11H16NO/c1-5-7-8(3)11-12-10(6-2)9(4)13-11/h7H,2,5-6H2,1,3-4H3/b8-7-. The van der Waals surface area contributed by atoms with Crippen molar-refractivity contribution in [3.63, 3.8) is 0 Å². The van der Waals surface area contributed by atoms with Crippen molar-refractivity contribution >= 4 is 5.57 Å². The number of hydrogen-bond donors (Lipinski definition) is 0. The zero-order chi connectivity index (χ0) is 9.84. The van der Waals surface area contributed by atoms with Gasteiger partial charge in [0.2, 0.25) is 5.89 Å². The van der Waals surface area contributed by atoms with Crippen molar-refractivity contribution in [3.8, 4) is 0 Å². The zero-order valence-electron chi connectivity index (χ0n) is 8.55. The average molecular weight is 178 g/mol. The van der Waals surface area contributed by atoms with Crippen LogP contribution in [0.15, 0.2) is 10.5 Å². The lowest BCUT2D eigenvalue weighted by Crippen LogP contribution is -1.83. The van der Waals surface area contributed by atoms with Crippen LogP contribution in [0.3, 0.4) is 0 Å². The van der Waals surface area contributed by atoms with Gasteiger partial charge in [-0.25, -0.2) is 4.98 Å². The number of oxazole rings is 1. The van der Waals surface area contributed by atoms with E-state index in [1.165, 1.54) is 0 Å². The van der Waals surface area contributed by atoms with Crippen LogP contribution in [-0.2, 0) is 6.42 Å². The smallest absolute Gasteiger partial charge is 0.221 e. The van der Waals surface area contributed by atoms with Gasteiger partial charge in [0.25, 0.3) is 0 Å². The van der Waals surface area contributed by atoms with Crippen LogP contribution in [0.2, 0.25) is 0 Å². The van der Waals surface area contributed by atoms with Gasteiger partial charge in [-0.1, -0.05) is 13.0 Å². The number of aryl methyl sites for hydroxylation is 1. The van der Waals surface area contributed by atoms with E-state index in [1.54, 1.807) is 0 Å². The highest BCUT2D eigenvalue weighted by molar-refractivity contribution is 5.56. The second kappa shape index (κ2) is 4.26. The molecule has 0 fully saturated rings. The normalized spacial score (nSPS) is 12.2. The Morgan fingerprint density at radius 3 is 2.77 bits per heavy atom. The summed E-state index contributed by atoms with van der Waals surface area (Å²) < 4.78 is 5.50. The maximum Gasteiger partial charge on any atom is 0.221 e. The first-order valence-electron chi connectivity index (χ1n) is 4.61. The van der Waals surface area contributed by atoms with Crippen molar-refractivity contribution in [1.29, 1.82) is 0 Å². The van der Waals surface area contributed by atoms with Gasteiger partial charge in [-0.05, 0) is 33.6 Å². The van der Waals surface area contributed by atoms with Crippen LogP contribution in [0.25, 0.3) is 5.57 Å². The van der Waals surface area contributed by atoms with Crippen molar-refractivity contribution in [2.45, 2.75) is 33.6 Å². The summed E-state index contributed by atoms with van der Waals surface area (Å²) in [6.45, 7) is 9.83. The molecule has 1 rings (SSSR count). The third-order valence-electron chi connectivity index (χ3n) is 1.98. The number of rotatable bonds is 3. The van der Waals surface area contributed by atoms with Crippen molar-refractivity contribution in [3.05, 3.63) is 30.3 Å².